The second-order valence-corrected chi connectivity index (χ2v) is 8.09. The van der Waals surface area contributed by atoms with Gasteiger partial charge >= 0.3 is 11.9 Å². The summed E-state index contributed by atoms with van der Waals surface area (Å²) in [4.78, 5) is 61.6. The van der Waals surface area contributed by atoms with E-state index in [0.717, 1.165) is 5.56 Å². The van der Waals surface area contributed by atoms with E-state index in [1.807, 2.05) is 0 Å². The molecule has 0 aliphatic carbocycles. The standard InChI is InChI=1S/C21H28N4O7S/c22-13(10-17(26)27)20(30)25-8-4-7-16(25)19(29)24-15(11-33)18(28)23-14(21(31)32)9-12-5-2-1-3-6-12/h1-3,5-6,13-16,33H,4,7-11,22H2,(H,23,28)(H,24,29)(H,26,27)(H,31,32). The SMILES string of the molecule is NC(CC(=O)O)C(=O)N1CCCC1C(=O)NC(CS)C(=O)NC(Cc1ccccc1)C(=O)O. The zero-order chi connectivity index (χ0) is 24.5. The van der Waals surface area contributed by atoms with Gasteiger partial charge in [-0.3, -0.25) is 19.2 Å². The summed E-state index contributed by atoms with van der Waals surface area (Å²) in [6, 6.07) is 4.23. The van der Waals surface area contributed by atoms with Crippen LogP contribution in [-0.2, 0) is 30.4 Å². The van der Waals surface area contributed by atoms with Crippen molar-refractivity contribution >= 4 is 42.3 Å². The first-order chi connectivity index (χ1) is 15.6. The summed E-state index contributed by atoms with van der Waals surface area (Å²) in [5.41, 5.74) is 6.36. The summed E-state index contributed by atoms with van der Waals surface area (Å²) in [6.45, 7) is 0.236. The lowest BCUT2D eigenvalue weighted by Gasteiger charge is -2.28. The van der Waals surface area contributed by atoms with Crippen LogP contribution in [0.5, 0.6) is 0 Å². The number of hydrogen-bond donors (Lipinski definition) is 6. The topological polar surface area (TPSA) is 179 Å². The lowest BCUT2D eigenvalue weighted by molar-refractivity contribution is -0.144. The highest BCUT2D eigenvalue weighted by molar-refractivity contribution is 7.80. The molecule has 2 rings (SSSR count). The molecule has 1 fully saturated rings. The Morgan fingerprint density at radius 3 is 2.33 bits per heavy atom. The average Bonchev–Trinajstić information content (AvgIpc) is 3.26. The second-order valence-electron chi connectivity index (χ2n) is 7.73. The molecule has 33 heavy (non-hydrogen) atoms. The second kappa shape index (κ2) is 12.2. The first kappa shape index (κ1) is 26.1. The zero-order valence-corrected chi connectivity index (χ0v) is 18.7. The van der Waals surface area contributed by atoms with Gasteiger partial charge in [-0.2, -0.15) is 12.6 Å². The maximum atomic E-state index is 12.8. The number of rotatable bonds is 11. The fourth-order valence-corrected chi connectivity index (χ4v) is 3.83. The van der Waals surface area contributed by atoms with Gasteiger partial charge < -0.3 is 31.5 Å². The predicted molar refractivity (Wildman–Crippen MR) is 120 cm³/mol. The Kier molecular flexibility index (Phi) is 9.67. The van der Waals surface area contributed by atoms with E-state index < -0.39 is 60.2 Å². The number of carboxylic acid groups (broad SMARTS) is 2. The molecule has 1 aromatic carbocycles. The first-order valence-electron chi connectivity index (χ1n) is 10.4. The Balaban J connectivity index is 2.02. The van der Waals surface area contributed by atoms with Gasteiger partial charge in [0.25, 0.3) is 0 Å². The largest absolute Gasteiger partial charge is 0.481 e. The minimum Gasteiger partial charge on any atom is -0.481 e. The van der Waals surface area contributed by atoms with Crippen molar-refractivity contribution in [3.63, 3.8) is 0 Å². The van der Waals surface area contributed by atoms with E-state index in [1.54, 1.807) is 30.3 Å². The number of aliphatic carboxylic acids is 2. The van der Waals surface area contributed by atoms with Gasteiger partial charge in [0, 0.05) is 18.7 Å². The minimum atomic E-state index is -1.28. The lowest BCUT2D eigenvalue weighted by Crippen LogP contribution is -2.57. The molecular formula is C21H28N4O7S. The fourth-order valence-electron chi connectivity index (χ4n) is 3.58. The van der Waals surface area contributed by atoms with Crippen molar-refractivity contribution in [1.82, 2.24) is 15.5 Å². The molecule has 0 spiro atoms. The predicted octanol–water partition coefficient (Wildman–Crippen LogP) is -0.994. The summed E-state index contributed by atoms with van der Waals surface area (Å²) in [7, 11) is 0. The van der Waals surface area contributed by atoms with Crippen LogP contribution in [-0.4, -0.2) is 81.2 Å². The molecule has 1 aliphatic heterocycles. The van der Waals surface area contributed by atoms with Gasteiger partial charge in [-0.05, 0) is 18.4 Å². The quantitative estimate of drug-likeness (QED) is 0.218. The molecular weight excluding hydrogens is 452 g/mol. The third kappa shape index (κ3) is 7.46. The Bertz CT molecular complexity index is 883. The summed E-state index contributed by atoms with van der Waals surface area (Å²) in [6.07, 6.45) is 0.328. The Morgan fingerprint density at radius 1 is 1.09 bits per heavy atom. The van der Waals surface area contributed by atoms with Crippen LogP contribution in [0.25, 0.3) is 0 Å². The molecule has 4 atom stereocenters. The van der Waals surface area contributed by atoms with Crippen LogP contribution < -0.4 is 16.4 Å². The van der Waals surface area contributed by atoms with Crippen LogP contribution in [0.3, 0.4) is 0 Å². The molecule has 6 N–H and O–H groups in total. The van der Waals surface area contributed by atoms with Gasteiger partial charge in [0.15, 0.2) is 0 Å². The van der Waals surface area contributed by atoms with Crippen molar-refractivity contribution < 1.29 is 34.2 Å². The van der Waals surface area contributed by atoms with Gasteiger partial charge in [0.05, 0.1) is 12.5 Å². The van der Waals surface area contributed by atoms with E-state index >= 15 is 0 Å². The van der Waals surface area contributed by atoms with Crippen molar-refractivity contribution in [2.75, 3.05) is 12.3 Å². The highest BCUT2D eigenvalue weighted by Gasteiger charge is 2.38. The van der Waals surface area contributed by atoms with Gasteiger partial charge in [0.1, 0.15) is 18.1 Å². The van der Waals surface area contributed by atoms with Crippen molar-refractivity contribution in [3.8, 4) is 0 Å². The highest BCUT2D eigenvalue weighted by atomic mass is 32.1. The Hall–Kier alpha value is -3.12. The number of nitrogens with two attached hydrogens (primary N) is 1. The number of carbonyl (C=O) groups is 5. The molecule has 0 radical (unpaired) electrons. The monoisotopic (exact) mass is 480 g/mol. The van der Waals surface area contributed by atoms with Crippen LogP contribution in [0.15, 0.2) is 30.3 Å². The Morgan fingerprint density at radius 2 is 1.76 bits per heavy atom. The number of thiol groups is 1. The van der Waals surface area contributed by atoms with Crippen LogP contribution >= 0.6 is 12.6 Å². The fraction of sp³-hybridized carbons (Fsp3) is 0.476. The number of carbonyl (C=O) groups excluding carboxylic acids is 3. The smallest absolute Gasteiger partial charge is 0.326 e. The van der Waals surface area contributed by atoms with E-state index in [4.69, 9.17) is 10.8 Å². The van der Waals surface area contributed by atoms with E-state index in [1.165, 1.54) is 4.90 Å². The van der Waals surface area contributed by atoms with Crippen LogP contribution in [0, 0.1) is 0 Å². The van der Waals surface area contributed by atoms with Crippen molar-refractivity contribution in [3.05, 3.63) is 35.9 Å². The maximum absolute atomic E-state index is 12.8. The molecule has 12 heteroatoms. The van der Waals surface area contributed by atoms with E-state index in [2.05, 4.69) is 23.3 Å². The molecule has 3 amide bonds. The normalized spacial score (nSPS) is 18.1. The van der Waals surface area contributed by atoms with Gasteiger partial charge in [-0.25, -0.2) is 4.79 Å². The van der Waals surface area contributed by atoms with Crippen molar-refractivity contribution in [1.29, 1.82) is 0 Å². The van der Waals surface area contributed by atoms with E-state index in [9.17, 15) is 29.1 Å². The third-order valence-electron chi connectivity index (χ3n) is 5.26. The van der Waals surface area contributed by atoms with E-state index in [0.29, 0.717) is 12.8 Å². The molecule has 0 bridgehead atoms. The summed E-state index contributed by atoms with van der Waals surface area (Å²) in [5, 5.41) is 23.3. The number of nitrogens with one attached hydrogen (secondary N) is 2. The lowest BCUT2D eigenvalue weighted by atomic mass is 10.1. The summed E-state index contributed by atoms with van der Waals surface area (Å²) in [5.74, 6) is -4.56. The summed E-state index contributed by atoms with van der Waals surface area (Å²) < 4.78 is 0. The average molecular weight is 481 g/mol. The number of benzene rings is 1. The highest BCUT2D eigenvalue weighted by Crippen LogP contribution is 2.19. The molecule has 1 saturated heterocycles. The molecule has 0 aromatic heterocycles. The molecule has 1 heterocycles. The van der Waals surface area contributed by atoms with Gasteiger partial charge in [0.2, 0.25) is 17.7 Å². The maximum Gasteiger partial charge on any atom is 0.326 e. The van der Waals surface area contributed by atoms with Gasteiger partial charge in [-0.15, -0.1) is 0 Å². The van der Waals surface area contributed by atoms with Gasteiger partial charge in [-0.1, -0.05) is 30.3 Å². The molecule has 11 nitrogen and oxygen atoms in total. The molecule has 1 aromatic rings. The Labute approximate surface area is 196 Å². The summed E-state index contributed by atoms with van der Waals surface area (Å²) >= 11 is 4.09. The number of likely N-dealkylation sites (tertiary alicyclic amines) is 1. The molecule has 180 valence electrons. The zero-order valence-electron chi connectivity index (χ0n) is 17.8. The van der Waals surface area contributed by atoms with Crippen molar-refractivity contribution in [2.24, 2.45) is 5.73 Å². The number of hydrogen-bond acceptors (Lipinski definition) is 7. The van der Waals surface area contributed by atoms with E-state index in [-0.39, 0.29) is 18.7 Å². The number of amides is 3. The molecule has 1 aliphatic rings. The van der Waals surface area contributed by atoms with Crippen LogP contribution in [0.1, 0.15) is 24.8 Å². The number of nitrogens with zero attached hydrogens (tertiary/aromatic N) is 1. The van der Waals surface area contributed by atoms with Crippen LogP contribution in [0.2, 0.25) is 0 Å². The molecule has 4 unspecified atom stereocenters. The molecule has 0 saturated carbocycles. The first-order valence-corrected chi connectivity index (χ1v) is 11.0. The van der Waals surface area contributed by atoms with Crippen molar-refractivity contribution in [2.45, 2.75) is 49.9 Å². The third-order valence-corrected chi connectivity index (χ3v) is 5.63. The minimum absolute atomic E-state index is 0.0571. The number of carboxylic acids is 2. The van der Waals surface area contributed by atoms with Crippen LogP contribution in [0.4, 0.5) is 0 Å².